The van der Waals surface area contributed by atoms with E-state index in [9.17, 15) is 0 Å². The smallest absolute Gasteiger partial charge is 0.142 e. The normalized spacial score (nSPS) is 19.9. The Morgan fingerprint density at radius 1 is 1.39 bits per heavy atom. The number of nitrogens with zero attached hydrogens (tertiary/aromatic N) is 1. The van der Waals surface area contributed by atoms with Gasteiger partial charge in [-0.05, 0) is 44.2 Å². The Morgan fingerprint density at radius 2 is 2.22 bits per heavy atom. The molecule has 0 amide bonds. The first-order valence-electron chi connectivity index (χ1n) is 6.92. The van der Waals surface area contributed by atoms with E-state index >= 15 is 0 Å². The van der Waals surface area contributed by atoms with Crippen molar-refractivity contribution in [1.29, 1.82) is 0 Å². The van der Waals surface area contributed by atoms with Crippen LogP contribution in [0.1, 0.15) is 26.2 Å². The lowest BCUT2D eigenvalue weighted by Crippen LogP contribution is -2.36. The Balaban J connectivity index is 2.10. The van der Waals surface area contributed by atoms with Crippen LogP contribution < -0.4 is 9.64 Å². The number of hydrogen-bond acceptors (Lipinski definition) is 3. The zero-order valence-corrected chi connectivity index (χ0v) is 11.1. The van der Waals surface area contributed by atoms with Crippen molar-refractivity contribution in [3.05, 3.63) is 24.3 Å². The van der Waals surface area contributed by atoms with Gasteiger partial charge in [0.1, 0.15) is 5.75 Å². The molecule has 1 aromatic rings. The van der Waals surface area contributed by atoms with Crippen molar-refractivity contribution < 1.29 is 9.84 Å². The Morgan fingerprint density at radius 3 is 3.00 bits per heavy atom. The number of anilines is 1. The minimum absolute atomic E-state index is 0.297. The summed E-state index contributed by atoms with van der Waals surface area (Å²) in [5, 5.41) is 9.07. The number of para-hydroxylation sites is 2. The summed E-state index contributed by atoms with van der Waals surface area (Å²) in [5.74, 6) is 1.59. The highest BCUT2D eigenvalue weighted by atomic mass is 16.5. The van der Waals surface area contributed by atoms with Gasteiger partial charge in [-0.2, -0.15) is 0 Å². The second-order valence-corrected chi connectivity index (χ2v) is 4.87. The molecule has 100 valence electrons. The van der Waals surface area contributed by atoms with E-state index < -0.39 is 0 Å². The maximum atomic E-state index is 9.07. The van der Waals surface area contributed by atoms with E-state index in [0.29, 0.717) is 19.1 Å². The average Bonchev–Trinajstić information content (AvgIpc) is 2.40. The first-order valence-corrected chi connectivity index (χ1v) is 6.92. The van der Waals surface area contributed by atoms with Crippen LogP contribution in [0.25, 0.3) is 0 Å². The maximum Gasteiger partial charge on any atom is 0.142 e. The molecular weight excluding hydrogens is 226 g/mol. The molecule has 1 atom stereocenters. The molecule has 1 fully saturated rings. The molecule has 1 aliphatic rings. The summed E-state index contributed by atoms with van der Waals surface area (Å²) in [4.78, 5) is 2.40. The predicted octanol–water partition coefficient (Wildman–Crippen LogP) is 2.68. The van der Waals surface area contributed by atoms with E-state index in [1.807, 2.05) is 19.1 Å². The van der Waals surface area contributed by atoms with Crippen molar-refractivity contribution in [3.8, 4) is 5.75 Å². The number of ether oxygens (including phenoxy) is 1. The van der Waals surface area contributed by atoms with Crippen LogP contribution in [0.15, 0.2) is 24.3 Å². The molecule has 0 saturated carbocycles. The van der Waals surface area contributed by atoms with E-state index in [2.05, 4.69) is 17.0 Å². The Hall–Kier alpha value is -1.22. The molecular formula is C15H23NO2. The van der Waals surface area contributed by atoms with Gasteiger partial charge in [0, 0.05) is 19.7 Å². The zero-order chi connectivity index (χ0) is 12.8. The number of benzene rings is 1. The monoisotopic (exact) mass is 249 g/mol. The highest BCUT2D eigenvalue weighted by Gasteiger charge is 2.21. The summed E-state index contributed by atoms with van der Waals surface area (Å²) in [5.41, 5.74) is 1.20. The quantitative estimate of drug-likeness (QED) is 0.871. The summed E-state index contributed by atoms with van der Waals surface area (Å²) in [7, 11) is 0. The van der Waals surface area contributed by atoms with Crippen LogP contribution in [0.2, 0.25) is 0 Å². The molecule has 0 aromatic heterocycles. The summed E-state index contributed by atoms with van der Waals surface area (Å²) in [6.07, 6.45) is 3.34. The highest BCUT2D eigenvalue weighted by molar-refractivity contribution is 5.58. The summed E-state index contributed by atoms with van der Waals surface area (Å²) >= 11 is 0. The van der Waals surface area contributed by atoms with Crippen LogP contribution in [-0.4, -0.2) is 31.4 Å². The average molecular weight is 249 g/mol. The molecule has 1 unspecified atom stereocenters. The van der Waals surface area contributed by atoms with Crippen molar-refractivity contribution >= 4 is 5.69 Å². The van der Waals surface area contributed by atoms with Crippen LogP contribution in [0.3, 0.4) is 0 Å². The van der Waals surface area contributed by atoms with Gasteiger partial charge in [-0.3, -0.25) is 0 Å². The third-order valence-corrected chi connectivity index (χ3v) is 3.56. The minimum atomic E-state index is 0.297. The molecule has 1 N–H and O–H groups in total. The maximum absolute atomic E-state index is 9.07. The van der Waals surface area contributed by atoms with Crippen molar-refractivity contribution in [2.24, 2.45) is 5.92 Å². The van der Waals surface area contributed by atoms with Crippen LogP contribution in [-0.2, 0) is 0 Å². The van der Waals surface area contributed by atoms with Crippen LogP contribution in [0.4, 0.5) is 5.69 Å². The van der Waals surface area contributed by atoms with Gasteiger partial charge in [-0.25, -0.2) is 0 Å². The van der Waals surface area contributed by atoms with Gasteiger partial charge in [0.25, 0.3) is 0 Å². The van der Waals surface area contributed by atoms with Crippen LogP contribution in [0, 0.1) is 5.92 Å². The first kappa shape index (κ1) is 13.2. The van der Waals surface area contributed by atoms with Crippen molar-refractivity contribution in [2.45, 2.75) is 26.2 Å². The van der Waals surface area contributed by atoms with Crippen molar-refractivity contribution in [1.82, 2.24) is 0 Å². The second-order valence-electron chi connectivity index (χ2n) is 4.87. The SMILES string of the molecule is CCOc1ccccc1N1CCCC(CCO)C1. The molecule has 2 rings (SSSR count). The van der Waals surface area contributed by atoms with E-state index in [1.165, 1.54) is 18.5 Å². The number of aliphatic hydroxyl groups excluding tert-OH is 1. The second kappa shape index (κ2) is 6.64. The molecule has 1 heterocycles. The third kappa shape index (κ3) is 3.16. The van der Waals surface area contributed by atoms with Gasteiger partial charge in [0.15, 0.2) is 0 Å². The topological polar surface area (TPSA) is 32.7 Å². The van der Waals surface area contributed by atoms with Gasteiger partial charge < -0.3 is 14.7 Å². The molecule has 0 aliphatic carbocycles. The Labute approximate surface area is 109 Å². The number of hydrogen-bond donors (Lipinski definition) is 1. The van der Waals surface area contributed by atoms with Gasteiger partial charge in [-0.1, -0.05) is 12.1 Å². The Bertz CT molecular complexity index is 365. The lowest BCUT2D eigenvalue weighted by atomic mass is 9.94. The number of piperidine rings is 1. The fraction of sp³-hybridized carbons (Fsp3) is 0.600. The molecule has 3 heteroatoms. The third-order valence-electron chi connectivity index (χ3n) is 3.56. The number of aliphatic hydroxyl groups is 1. The molecule has 0 radical (unpaired) electrons. The first-order chi connectivity index (χ1) is 8.85. The summed E-state index contributed by atoms with van der Waals surface area (Å²) in [6, 6.07) is 8.25. The van der Waals surface area contributed by atoms with Crippen molar-refractivity contribution in [2.75, 3.05) is 31.2 Å². The summed E-state index contributed by atoms with van der Waals surface area (Å²) in [6.45, 7) is 5.13. The lowest BCUT2D eigenvalue weighted by Gasteiger charge is -2.35. The van der Waals surface area contributed by atoms with E-state index in [-0.39, 0.29) is 0 Å². The largest absolute Gasteiger partial charge is 0.492 e. The lowest BCUT2D eigenvalue weighted by molar-refractivity contribution is 0.244. The van der Waals surface area contributed by atoms with Crippen LogP contribution in [0.5, 0.6) is 5.75 Å². The molecule has 1 saturated heterocycles. The standard InChI is InChI=1S/C15H23NO2/c1-2-18-15-8-4-3-7-14(15)16-10-5-6-13(12-16)9-11-17/h3-4,7-8,13,17H,2,5-6,9-12H2,1H3. The number of rotatable bonds is 5. The Kier molecular flexibility index (Phi) is 4.88. The zero-order valence-electron chi connectivity index (χ0n) is 11.1. The van der Waals surface area contributed by atoms with E-state index in [4.69, 9.17) is 9.84 Å². The van der Waals surface area contributed by atoms with E-state index in [1.54, 1.807) is 0 Å². The highest BCUT2D eigenvalue weighted by Crippen LogP contribution is 2.32. The minimum Gasteiger partial charge on any atom is -0.492 e. The molecule has 1 aliphatic heterocycles. The van der Waals surface area contributed by atoms with Gasteiger partial charge in [0.2, 0.25) is 0 Å². The molecule has 0 spiro atoms. The molecule has 1 aromatic carbocycles. The fourth-order valence-corrected chi connectivity index (χ4v) is 2.70. The van der Waals surface area contributed by atoms with Gasteiger partial charge in [-0.15, -0.1) is 0 Å². The van der Waals surface area contributed by atoms with E-state index in [0.717, 1.165) is 25.3 Å². The molecule has 18 heavy (non-hydrogen) atoms. The van der Waals surface area contributed by atoms with Crippen LogP contribution >= 0.6 is 0 Å². The summed E-state index contributed by atoms with van der Waals surface area (Å²) < 4.78 is 5.69. The van der Waals surface area contributed by atoms with Gasteiger partial charge in [0.05, 0.1) is 12.3 Å². The predicted molar refractivity (Wildman–Crippen MR) is 74.3 cm³/mol. The van der Waals surface area contributed by atoms with Crippen molar-refractivity contribution in [3.63, 3.8) is 0 Å². The fourth-order valence-electron chi connectivity index (χ4n) is 2.70. The molecule has 0 bridgehead atoms. The molecule has 3 nitrogen and oxygen atoms in total. The van der Waals surface area contributed by atoms with Gasteiger partial charge >= 0.3 is 0 Å².